The molecule has 1 fully saturated rings. The highest BCUT2D eigenvalue weighted by Crippen LogP contribution is 2.57. The molecule has 0 N–H and O–H groups in total. The van der Waals surface area contributed by atoms with Crippen molar-refractivity contribution in [3.8, 4) is 6.07 Å². The van der Waals surface area contributed by atoms with Crippen LogP contribution in [0.4, 0.5) is 0 Å². The summed E-state index contributed by atoms with van der Waals surface area (Å²) in [6.45, 7) is 9.60. The van der Waals surface area contributed by atoms with Crippen molar-refractivity contribution in [1.29, 1.82) is 5.26 Å². The molecule has 2 nitrogen and oxygen atoms in total. The van der Waals surface area contributed by atoms with Crippen molar-refractivity contribution >= 4 is 21.7 Å². The Labute approximate surface area is 173 Å². The van der Waals surface area contributed by atoms with Crippen molar-refractivity contribution in [2.75, 3.05) is 0 Å². The quantitative estimate of drug-likeness (QED) is 0.377. The molecule has 29 heavy (non-hydrogen) atoms. The first-order chi connectivity index (χ1) is 14.0. The Bertz CT molecular complexity index is 1260. The molecular weight excluding hydrogens is 352 g/mol. The van der Waals surface area contributed by atoms with Gasteiger partial charge >= 0.3 is 0 Å². The van der Waals surface area contributed by atoms with Gasteiger partial charge in [-0.1, -0.05) is 26.0 Å². The van der Waals surface area contributed by atoms with Gasteiger partial charge in [-0.25, -0.2) is 0 Å². The zero-order valence-corrected chi connectivity index (χ0v) is 18.0. The second-order valence-corrected chi connectivity index (χ2v) is 10.0. The summed E-state index contributed by atoms with van der Waals surface area (Å²) in [5.41, 5.74) is 6.92. The van der Waals surface area contributed by atoms with Gasteiger partial charge in [0.05, 0.1) is 27.8 Å². The van der Waals surface area contributed by atoms with Crippen LogP contribution >= 0.6 is 0 Å². The van der Waals surface area contributed by atoms with Crippen molar-refractivity contribution in [2.24, 2.45) is 0 Å². The summed E-state index contributed by atoms with van der Waals surface area (Å²) in [5.74, 6) is 1.48. The molecule has 2 heterocycles. The molecule has 0 radical (unpaired) electrons. The Balaban J connectivity index is 1.90. The molecule has 1 saturated carbocycles. The third-order valence-electron chi connectivity index (χ3n) is 9.38. The van der Waals surface area contributed by atoms with Crippen LogP contribution in [-0.4, -0.2) is 0 Å². The van der Waals surface area contributed by atoms with Crippen LogP contribution in [0.15, 0.2) is 30.5 Å². The molecule has 3 aromatic rings. The van der Waals surface area contributed by atoms with E-state index in [1.165, 1.54) is 41.1 Å². The molecule has 2 bridgehead atoms. The highest BCUT2D eigenvalue weighted by Gasteiger charge is 2.56. The molecule has 1 aromatic heterocycles. The normalized spacial score (nSPS) is 31.6. The molecule has 0 spiro atoms. The zero-order valence-electron chi connectivity index (χ0n) is 18.0. The minimum atomic E-state index is 0.0201. The summed E-state index contributed by atoms with van der Waals surface area (Å²) in [6, 6.07) is 11.3. The van der Waals surface area contributed by atoms with Crippen molar-refractivity contribution < 1.29 is 4.57 Å². The Morgan fingerprint density at radius 1 is 1.03 bits per heavy atom. The van der Waals surface area contributed by atoms with Crippen molar-refractivity contribution in [3.63, 3.8) is 0 Å². The van der Waals surface area contributed by atoms with Crippen LogP contribution < -0.4 is 4.57 Å². The van der Waals surface area contributed by atoms with Gasteiger partial charge in [-0.05, 0) is 67.7 Å². The van der Waals surface area contributed by atoms with E-state index in [1.807, 2.05) is 0 Å². The fourth-order valence-electron chi connectivity index (χ4n) is 7.27. The summed E-state index contributed by atoms with van der Waals surface area (Å²) in [4.78, 5) is 0. The Kier molecular flexibility index (Phi) is 3.25. The second-order valence-electron chi connectivity index (χ2n) is 10.0. The molecular formula is C27H29N2+. The van der Waals surface area contributed by atoms with Gasteiger partial charge in [0, 0.05) is 24.3 Å². The molecule has 2 heteroatoms. The smallest absolute Gasteiger partial charge is 0.192 e. The van der Waals surface area contributed by atoms with Gasteiger partial charge in [-0.2, -0.15) is 9.83 Å². The Hall–Kier alpha value is -2.40. The van der Waals surface area contributed by atoms with Gasteiger partial charge in [0.1, 0.15) is 0 Å². The fraction of sp³-hybridized carbons (Fsp3) is 0.481. The molecule has 0 amide bonds. The van der Waals surface area contributed by atoms with E-state index in [2.05, 4.69) is 68.8 Å². The SMILES string of the molecule is CCC1(C)c2ccc(C#N)c3ccc4c5c(c[n+](c4c23)C1(C)CC)C1CCC5C1. The highest BCUT2D eigenvalue weighted by atomic mass is 15.1. The third-order valence-corrected chi connectivity index (χ3v) is 9.38. The lowest BCUT2D eigenvalue weighted by molar-refractivity contribution is -0.751. The van der Waals surface area contributed by atoms with Crippen molar-refractivity contribution in [1.82, 2.24) is 0 Å². The van der Waals surface area contributed by atoms with Crippen LogP contribution in [0, 0.1) is 11.3 Å². The lowest BCUT2D eigenvalue weighted by atomic mass is 9.61. The molecule has 3 aliphatic rings. The van der Waals surface area contributed by atoms with Gasteiger partial charge in [-0.15, -0.1) is 0 Å². The maximum atomic E-state index is 9.81. The van der Waals surface area contributed by atoms with Crippen molar-refractivity contribution in [2.45, 2.75) is 82.6 Å². The average molecular weight is 382 g/mol. The third kappa shape index (κ3) is 1.78. The van der Waals surface area contributed by atoms with E-state index in [0.717, 1.165) is 35.6 Å². The van der Waals surface area contributed by atoms with E-state index in [4.69, 9.17) is 0 Å². The maximum absolute atomic E-state index is 9.81. The second kappa shape index (κ2) is 5.39. The van der Waals surface area contributed by atoms with Crippen LogP contribution in [0.25, 0.3) is 21.7 Å². The van der Waals surface area contributed by atoms with Gasteiger partial charge in [0.2, 0.25) is 5.52 Å². The molecule has 2 aromatic carbocycles. The number of hydrogen-bond acceptors (Lipinski definition) is 1. The zero-order chi connectivity index (χ0) is 20.1. The first-order valence-electron chi connectivity index (χ1n) is 11.4. The average Bonchev–Trinajstić information content (AvgIpc) is 3.37. The van der Waals surface area contributed by atoms with Crippen LogP contribution in [0.5, 0.6) is 0 Å². The molecule has 2 aliphatic carbocycles. The number of pyridine rings is 1. The topological polar surface area (TPSA) is 27.7 Å². The predicted molar refractivity (Wildman–Crippen MR) is 117 cm³/mol. The Morgan fingerprint density at radius 2 is 1.79 bits per heavy atom. The molecule has 0 saturated heterocycles. The maximum Gasteiger partial charge on any atom is 0.221 e. The Morgan fingerprint density at radius 3 is 2.52 bits per heavy atom. The van der Waals surface area contributed by atoms with E-state index in [-0.39, 0.29) is 11.0 Å². The van der Waals surface area contributed by atoms with E-state index >= 15 is 0 Å². The van der Waals surface area contributed by atoms with Gasteiger partial charge < -0.3 is 0 Å². The summed E-state index contributed by atoms with van der Waals surface area (Å²) in [5, 5.41) is 13.7. The number of fused-ring (bicyclic) bond motifs is 6. The fourth-order valence-corrected chi connectivity index (χ4v) is 7.27. The van der Waals surface area contributed by atoms with Crippen LogP contribution in [-0.2, 0) is 11.0 Å². The standard InChI is InChI=1S/C27H29N2/c1-5-26(3)22-12-9-18(14-28)19-10-11-20-23-17-8-7-16(13-17)21(23)15-29(25(20)24(19)22)27(26,4)6-2/h9-12,15-17H,5-8,13H2,1-4H3/q+1. The molecule has 146 valence electrons. The van der Waals surface area contributed by atoms with E-state index < -0.39 is 0 Å². The number of rotatable bonds is 2. The summed E-state index contributed by atoms with van der Waals surface area (Å²) in [7, 11) is 0. The lowest BCUT2D eigenvalue weighted by Gasteiger charge is -2.45. The van der Waals surface area contributed by atoms with Crippen LogP contribution in [0.2, 0.25) is 0 Å². The minimum Gasteiger partial charge on any atom is -0.192 e. The number of benzene rings is 2. The summed E-state index contributed by atoms with van der Waals surface area (Å²) >= 11 is 0. The molecule has 4 unspecified atom stereocenters. The molecule has 4 atom stereocenters. The summed E-state index contributed by atoms with van der Waals surface area (Å²) in [6.07, 6.45) is 8.77. The number of nitrogens with zero attached hydrogens (tertiary/aromatic N) is 2. The van der Waals surface area contributed by atoms with Crippen molar-refractivity contribution in [3.05, 3.63) is 52.7 Å². The predicted octanol–water partition coefficient (Wildman–Crippen LogP) is 6.32. The first kappa shape index (κ1) is 17.5. The first-order valence-corrected chi connectivity index (χ1v) is 11.4. The van der Waals surface area contributed by atoms with Gasteiger partial charge in [0.15, 0.2) is 11.7 Å². The molecule has 6 rings (SSSR count). The number of aromatic nitrogens is 1. The lowest BCUT2D eigenvalue weighted by Crippen LogP contribution is -2.66. The number of hydrogen-bond donors (Lipinski definition) is 0. The number of nitriles is 1. The largest absolute Gasteiger partial charge is 0.221 e. The van der Waals surface area contributed by atoms with Crippen LogP contribution in [0.1, 0.15) is 93.9 Å². The van der Waals surface area contributed by atoms with Crippen LogP contribution in [0.3, 0.4) is 0 Å². The minimum absolute atomic E-state index is 0.0201. The summed E-state index contributed by atoms with van der Waals surface area (Å²) < 4.78 is 2.65. The van der Waals surface area contributed by atoms with E-state index in [1.54, 1.807) is 11.1 Å². The van der Waals surface area contributed by atoms with Gasteiger partial charge in [-0.3, -0.25) is 0 Å². The van der Waals surface area contributed by atoms with Gasteiger partial charge in [0.25, 0.3) is 0 Å². The van der Waals surface area contributed by atoms with E-state index in [9.17, 15) is 5.26 Å². The molecule has 1 aliphatic heterocycles. The van der Waals surface area contributed by atoms with E-state index in [0.29, 0.717) is 0 Å². The monoisotopic (exact) mass is 381 g/mol. The highest BCUT2D eigenvalue weighted by molar-refractivity contribution is 6.09.